The molecule has 0 atom stereocenters. The van der Waals surface area contributed by atoms with Crippen molar-refractivity contribution < 1.29 is 4.74 Å². The maximum Gasteiger partial charge on any atom is 0.145 e. The first-order valence-electron chi connectivity index (χ1n) is 14.1. The molecule has 0 aliphatic heterocycles. The molecule has 7 heteroatoms. The van der Waals surface area contributed by atoms with Crippen LogP contribution in [0.25, 0.3) is 22.3 Å². The van der Waals surface area contributed by atoms with E-state index in [-0.39, 0.29) is 0 Å². The first kappa shape index (κ1) is 26.7. The first-order chi connectivity index (χ1) is 19.8. The number of nitrogens with zero attached hydrogens (tertiary/aromatic N) is 3. The molecule has 0 unspecified atom stereocenters. The summed E-state index contributed by atoms with van der Waals surface area (Å²) in [6.45, 7) is 4.28. The number of pyridine rings is 1. The highest BCUT2D eigenvalue weighted by atomic mass is 16.5. The third kappa shape index (κ3) is 4.76. The van der Waals surface area contributed by atoms with Crippen molar-refractivity contribution in [1.29, 1.82) is 0 Å². The van der Waals surface area contributed by atoms with Gasteiger partial charge in [0.15, 0.2) is 0 Å². The lowest BCUT2D eigenvalue weighted by Crippen LogP contribution is -2.39. The Kier molecular flexibility index (Phi) is 6.82. The van der Waals surface area contributed by atoms with Gasteiger partial charge < -0.3 is 4.74 Å². The molecule has 2 heterocycles. The Hall–Kier alpha value is -4.51. The van der Waals surface area contributed by atoms with Crippen molar-refractivity contribution in [2.24, 2.45) is 0 Å². The second kappa shape index (κ2) is 10.5. The van der Waals surface area contributed by atoms with E-state index in [4.69, 9.17) is 14.8 Å². The van der Waals surface area contributed by atoms with Crippen LogP contribution in [-0.2, 0) is 5.54 Å². The standard InChI is InChI=1S/C34H32B3N3O/c1-23-13-12-20-28(24(23)2)32-31(41-34(35,36)37)21-30-29(39-32)22-38-40(30)33(25-14-6-3-7-15-25,26-16-8-4-9-17-26)27-18-10-5-11-19-27/h3-22H,35-37H2,1-2H3. The highest BCUT2D eigenvalue weighted by molar-refractivity contribution is 6.58. The van der Waals surface area contributed by atoms with Gasteiger partial charge >= 0.3 is 0 Å². The Balaban J connectivity index is 1.72. The van der Waals surface area contributed by atoms with Crippen LogP contribution in [0.1, 0.15) is 27.8 Å². The molecule has 0 radical (unpaired) electrons. The monoisotopic (exact) mass is 531 g/mol. The van der Waals surface area contributed by atoms with Gasteiger partial charge in [-0.15, -0.1) is 0 Å². The lowest BCUT2D eigenvalue weighted by Gasteiger charge is -2.37. The van der Waals surface area contributed by atoms with Crippen LogP contribution in [0.4, 0.5) is 0 Å². The Bertz CT molecular complexity index is 1720. The Labute approximate surface area is 244 Å². The Morgan fingerprint density at radius 2 is 1.22 bits per heavy atom. The smallest absolute Gasteiger partial charge is 0.145 e. The van der Waals surface area contributed by atoms with Crippen molar-refractivity contribution in [1.82, 2.24) is 14.8 Å². The number of hydrogen-bond donors (Lipinski definition) is 0. The van der Waals surface area contributed by atoms with E-state index in [9.17, 15) is 0 Å². The lowest BCUT2D eigenvalue weighted by molar-refractivity contribution is 0.319. The second-order valence-corrected chi connectivity index (χ2v) is 11.6. The molecular formula is C34H32B3N3O. The van der Waals surface area contributed by atoms with Crippen LogP contribution in [0.15, 0.2) is 121 Å². The van der Waals surface area contributed by atoms with Gasteiger partial charge in [-0.2, -0.15) is 5.10 Å². The zero-order chi connectivity index (χ0) is 28.6. The average Bonchev–Trinajstić information content (AvgIpc) is 3.38. The fraction of sp³-hybridized carbons (Fsp3) is 0.118. The van der Waals surface area contributed by atoms with E-state index in [0.717, 1.165) is 44.7 Å². The molecular weight excluding hydrogens is 499 g/mol. The summed E-state index contributed by atoms with van der Waals surface area (Å²) < 4.78 is 8.76. The zero-order valence-electron chi connectivity index (χ0n) is 24.3. The van der Waals surface area contributed by atoms with Gasteiger partial charge in [-0.3, -0.25) is 0 Å². The summed E-state index contributed by atoms with van der Waals surface area (Å²) in [5.41, 5.74) is 8.61. The van der Waals surface area contributed by atoms with Crippen LogP contribution in [0.2, 0.25) is 0 Å². The van der Waals surface area contributed by atoms with E-state index in [1.54, 1.807) is 0 Å². The molecule has 4 nitrogen and oxygen atoms in total. The number of hydrogen-bond acceptors (Lipinski definition) is 3. The minimum atomic E-state index is -0.743. The van der Waals surface area contributed by atoms with E-state index in [1.807, 2.05) is 6.20 Å². The number of ether oxygens (including phenoxy) is 1. The van der Waals surface area contributed by atoms with Crippen molar-refractivity contribution >= 4 is 34.6 Å². The lowest BCUT2D eigenvalue weighted by atomic mass is 9.52. The first-order valence-corrected chi connectivity index (χ1v) is 14.1. The van der Waals surface area contributed by atoms with Gasteiger partial charge in [-0.1, -0.05) is 109 Å². The third-order valence-corrected chi connectivity index (χ3v) is 7.69. The van der Waals surface area contributed by atoms with Gasteiger partial charge in [0, 0.05) is 16.9 Å². The molecule has 0 amide bonds. The fourth-order valence-corrected chi connectivity index (χ4v) is 5.72. The number of benzene rings is 4. The normalized spacial score (nSPS) is 12.0. The van der Waals surface area contributed by atoms with Gasteiger partial charge in [0.2, 0.25) is 0 Å². The number of aryl methyl sites for hydroxylation is 1. The number of fused-ring (bicyclic) bond motifs is 1. The summed E-state index contributed by atoms with van der Waals surface area (Å²) in [5, 5.41) is 4.69. The molecule has 0 aliphatic carbocycles. The summed E-state index contributed by atoms with van der Waals surface area (Å²) in [5.74, 6) is 0.739. The molecule has 0 spiro atoms. The largest absolute Gasteiger partial charge is 0.511 e. The summed E-state index contributed by atoms with van der Waals surface area (Å²) in [6.07, 6.45) is 1.88. The molecule has 0 saturated carbocycles. The topological polar surface area (TPSA) is 39.9 Å². The summed E-state index contributed by atoms with van der Waals surface area (Å²) in [4.78, 5) is 5.24. The molecule has 0 fully saturated rings. The van der Waals surface area contributed by atoms with Crippen molar-refractivity contribution in [3.63, 3.8) is 0 Å². The molecule has 41 heavy (non-hydrogen) atoms. The molecule has 198 valence electrons. The molecule has 4 aromatic carbocycles. The highest BCUT2D eigenvalue weighted by Gasteiger charge is 2.40. The van der Waals surface area contributed by atoms with Crippen molar-refractivity contribution in [3.05, 3.63) is 149 Å². The molecule has 0 N–H and O–H groups in total. The number of rotatable bonds is 7. The van der Waals surface area contributed by atoms with E-state index >= 15 is 0 Å². The minimum Gasteiger partial charge on any atom is -0.511 e. The quantitative estimate of drug-likeness (QED) is 0.226. The van der Waals surface area contributed by atoms with Crippen LogP contribution in [0.3, 0.4) is 0 Å². The summed E-state index contributed by atoms with van der Waals surface area (Å²) in [7, 11) is 6.22. The fourth-order valence-electron chi connectivity index (χ4n) is 5.72. The SMILES string of the molecule is BC(B)(B)Oc1cc2c(cnn2C(c2ccccc2)(c2ccccc2)c2ccccc2)nc1-c1cccc(C)c1C. The van der Waals surface area contributed by atoms with Gasteiger partial charge in [0.1, 0.15) is 46.0 Å². The van der Waals surface area contributed by atoms with Crippen molar-refractivity contribution in [2.75, 3.05) is 0 Å². The minimum absolute atomic E-state index is 0.415. The van der Waals surface area contributed by atoms with E-state index in [1.165, 1.54) is 11.1 Å². The Morgan fingerprint density at radius 3 is 1.73 bits per heavy atom. The van der Waals surface area contributed by atoms with Gasteiger partial charge in [-0.25, -0.2) is 9.67 Å². The van der Waals surface area contributed by atoms with Crippen LogP contribution in [-0.4, -0.2) is 43.6 Å². The maximum atomic E-state index is 6.64. The van der Waals surface area contributed by atoms with Crippen LogP contribution >= 0.6 is 0 Å². The van der Waals surface area contributed by atoms with Crippen LogP contribution in [0, 0.1) is 13.8 Å². The molecule has 6 aromatic rings. The third-order valence-electron chi connectivity index (χ3n) is 7.69. The van der Waals surface area contributed by atoms with E-state index < -0.39 is 10.8 Å². The highest BCUT2D eigenvalue weighted by Crippen LogP contribution is 2.43. The van der Waals surface area contributed by atoms with Crippen LogP contribution in [0.5, 0.6) is 5.75 Å². The predicted octanol–water partition coefficient (Wildman–Crippen LogP) is 4.44. The van der Waals surface area contributed by atoms with Gasteiger partial charge in [-0.05, 0) is 41.7 Å². The summed E-state index contributed by atoms with van der Waals surface area (Å²) >= 11 is 0. The molecule has 0 bridgehead atoms. The molecule has 0 saturated heterocycles. The predicted molar refractivity (Wildman–Crippen MR) is 176 cm³/mol. The molecule has 2 aromatic heterocycles. The van der Waals surface area contributed by atoms with Crippen molar-refractivity contribution in [3.8, 4) is 17.0 Å². The van der Waals surface area contributed by atoms with Crippen LogP contribution < -0.4 is 4.74 Å². The van der Waals surface area contributed by atoms with E-state index in [2.05, 4.69) is 157 Å². The molecule has 6 rings (SSSR count). The number of aromatic nitrogens is 3. The maximum absolute atomic E-state index is 6.64. The molecule has 0 aliphatic rings. The second-order valence-electron chi connectivity index (χ2n) is 11.6. The van der Waals surface area contributed by atoms with Gasteiger partial charge in [0.25, 0.3) is 0 Å². The Morgan fingerprint density at radius 1 is 0.683 bits per heavy atom. The summed E-state index contributed by atoms with van der Waals surface area (Å²) in [6, 6.07) is 40.2. The van der Waals surface area contributed by atoms with E-state index in [0.29, 0.717) is 0 Å². The zero-order valence-corrected chi connectivity index (χ0v) is 24.3. The average molecular weight is 531 g/mol. The van der Waals surface area contributed by atoms with Gasteiger partial charge in [0.05, 0.1) is 11.7 Å². The van der Waals surface area contributed by atoms with Crippen molar-refractivity contribution in [2.45, 2.75) is 24.7 Å².